The Hall–Kier alpha value is -2.02. The van der Waals surface area contributed by atoms with Crippen molar-refractivity contribution < 1.29 is 17.6 Å². The number of hydrogen-bond donors (Lipinski definition) is 0. The van der Waals surface area contributed by atoms with Gasteiger partial charge < -0.3 is 4.90 Å². The number of thioether (sulfide) groups is 1. The molecule has 0 radical (unpaired) electrons. The van der Waals surface area contributed by atoms with Crippen LogP contribution in [0.5, 0.6) is 0 Å². The molecule has 0 aromatic heterocycles. The molecule has 1 aliphatic heterocycles. The summed E-state index contributed by atoms with van der Waals surface area (Å²) in [6.07, 6.45) is -1.52. The number of hydrogen-bond acceptors (Lipinski definition) is 2. The predicted molar refractivity (Wildman–Crippen MR) is 98.0 cm³/mol. The number of halogens is 4. The normalized spacial score (nSPS) is 17.3. The molecule has 1 saturated heterocycles. The van der Waals surface area contributed by atoms with Crippen LogP contribution in [-0.2, 0) is 0 Å². The quantitative estimate of drug-likeness (QED) is 0.457. The molecule has 2 aromatic carbocycles. The molecule has 2 nitrogen and oxygen atoms in total. The van der Waals surface area contributed by atoms with Crippen molar-refractivity contribution in [1.82, 2.24) is 0 Å². The molecular weight excluding hydrogens is 364 g/mol. The van der Waals surface area contributed by atoms with Crippen molar-refractivity contribution in [3.05, 3.63) is 53.8 Å². The van der Waals surface area contributed by atoms with E-state index in [2.05, 4.69) is 4.99 Å². The topological polar surface area (TPSA) is 15.6 Å². The Labute approximate surface area is 153 Å². The van der Waals surface area contributed by atoms with Gasteiger partial charge in [-0.25, -0.2) is 22.6 Å². The first-order valence-corrected chi connectivity index (χ1v) is 9.13. The van der Waals surface area contributed by atoms with Gasteiger partial charge >= 0.3 is 0 Å². The lowest BCUT2D eigenvalue weighted by Crippen LogP contribution is -2.23. The maximum Gasteiger partial charge on any atom is 0.278 e. The first kappa shape index (κ1) is 18.8. The number of para-hydroxylation sites is 1. The summed E-state index contributed by atoms with van der Waals surface area (Å²) >= 11 is 0.390. The summed E-state index contributed by atoms with van der Waals surface area (Å²) in [5.41, 5.74) is -0.942. The van der Waals surface area contributed by atoms with Crippen molar-refractivity contribution in [3.63, 3.8) is 0 Å². The highest BCUT2D eigenvalue weighted by molar-refractivity contribution is 7.99. The van der Waals surface area contributed by atoms with Gasteiger partial charge in [0, 0.05) is 23.5 Å². The van der Waals surface area contributed by atoms with Crippen LogP contribution < -0.4 is 4.90 Å². The molecule has 26 heavy (non-hydrogen) atoms. The Morgan fingerprint density at radius 1 is 1.12 bits per heavy atom. The number of amidine groups is 1. The van der Waals surface area contributed by atoms with Gasteiger partial charge in [0.15, 0.2) is 0 Å². The zero-order valence-electron chi connectivity index (χ0n) is 14.1. The molecule has 2 aromatic rings. The van der Waals surface area contributed by atoms with Crippen molar-refractivity contribution in [1.29, 1.82) is 0 Å². The molecule has 0 N–H and O–H groups in total. The second-order valence-corrected chi connectivity index (χ2v) is 7.12. The molecule has 0 bridgehead atoms. The van der Waals surface area contributed by atoms with Gasteiger partial charge in [0.1, 0.15) is 17.3 Å². The first-order chi connectivity index (χ1) is 12.5. The lowest BCUT2D eigenvalue weighted by molar-refractivity contribution is 0.0953. The number of rotatable bonds is 5. The van der Waals surface area contributed by atoms with E-state index >= 15 is 0 Å². The maximum absolute atomic E-state index is 14.3. The summed E-state index contributed by atoms with van der Waals surface area (Å²) < 4.78 is 52.7. The lowest BCUT2D eigenvalue weighted by atomic mass is 10.2. The van der Waals surface area contributed by atoms with E-state index in [4.69, 9.17) is 0 Å². The maximum atomic E-state index is 14.3. The fourth-order valence-corrected chi connectivity index (χ4v) is 3.60. The second kappa shape index (κ2) is 8.12. The zero-order valence-corrected chi connectivity index (χ0v) is 14.9. The van der Waals surface area contributed by atoms with E-state index in [1.54, 1.807) is 6.92 Å². The minimum absolute atomic E-state index is 0.0393. The molecule has 0 saturated carbocycles. The van der Waals surface area contributed by atoms with E-state index in [0.29, 0.717) is 29.6 Å². The third kappa shape index (κ3) is 4.20. The van der Waals surface area contributed by atoms with Crippen LogP contribution in [0.15, 0.2) is 52.4 Å². The van der Waals surface area contributed by atoms with Crippen LogP contribution in [0.25, 0.3) is 0 Å². The van der Waals surface area contributed by atoms with E-state index in [9.17, 15) is 17.6 Å². The third-order valence-corrected chi connectivity index (χ3v) is 5.22. The number of nitrogens with zero attached hydrogens (tertiary/aromatic N) is 2. The summed E-state index contributed by atoms with van der Waals surface area (Å²) in [6, 6.07) is 12.2. The lowest BCUT2D eigenvalue weighted by Gasteiger charge is -2.19. The van der Waals surface area contributed by atoms with Gasteiger partial charge in [-0.15, -0.1) is 0 Å². The Kier molecular flexibility index (Phi) is 5.86. The third-order valence-electron chi connectivity index (χ3n) is 4.09. The molecule has 138 valence electrons. The highest BCUT2D eigenvalue weighted by Crippen LogP contribution is 2.35. The van der Waals surface area contributed by atoms with Crippen LogP contribution in [0.3, 0.4) is 0 Å². The Bertz CT molecular complexity index is 796. The molecule has 3 rings (SSSR count). The highest BCUT2D eigenvalue weighted by atomic mass is 32.2. The summed E-state index contributed by atoms with van der Waals surface area (Å²) in [5.74, 6) is 0.160. The van der Waals surface area contributed by atoms with Crippen molar-refractivity contribution >= 4 is 29.0 Å². The van der Waals surface area contributed by atoms with Crippen LogP contribution in [0, 0.1) is 12.7 Å². The molecule has 1 fully saturated rings. The van der Waals surface area contributed by atoms with Crippen molar-refractivity contribution in [2.45, 2.75) is 36.6 Å². The van der Waals surface area contributed by atoms with E-state index in [1.807, 2.05) is 35.2 Å². The first-order valence-electron chi connectivity index (χ1n) is 8.25. The van der Waals surface area contributed by atoms with Gasteiger partial charge in [-0.2, -0.15) is 0 Å². The molecule has 1 unspecified atom stereocenters. The molecule has 1 aliphatic rings. The number of alkyl halides is 3. The Morgan fingerprint density at radius 3 is 2.54 bits per heavy atom. The molecule has 0 aliphatic carbocycles. The summed E-state index contributed by atoms with van der Waals surface area (Å²) in [5, 5.41) is 0. The number of benzene rings is 2. The number of aryl methyl sites for hydroxylation is 1. The van der Waals surface area contributed by atoms with Gasteiger partial charge in [-0.1, -0.05) is 30.0 Å². The van der Waals surface area contributed by atoms with Gasteiger partial charge in [0.2, 0.25) is 5.50 Å². The van der Waals surface area contributed by atoms with Crippen LogP contribution in [-0.4, -0.2) is 24.3 Å². The molecule has 0 spiro atoms. The predicted octanol–water partition coefficient (Wildman–Crippen LogP) is 6.12. The van der Waals surface area contributed by atoms with E-state index in [0.717, 1.165) is 18.7 Å². The molecular formula is C19H18F4N2S. The second-order valence-electron chi connectivity index (χ2n) is 5.99. The van der Waals surface area contributed by atoms with Crippen LogP contribution in [0.1, 0.15) is 18.4 Å². The van der Waals surface area contributed by atoms with Crippen molar-refractivity contribution in [2.24, 2.45) is 4.99 Å². The number of aliphatic imine (C=N–C) groups is 1. The van der Waals surface area contributed by atoms with Crippen LogP contribution in [0.2, 0.25) is 0 Å². The van der Waals surface area contributed by atoms with E-state index in [1.165, 1.54) is 12.1 Å². The Balaban J connectivity index is 1.92. The SMILES string of the molecule is Cc1cc(F)c(N=C2CCCN2c2ccccc2)cc1SC(F)C(F)F. The van der Waals surface area contributed by atoms with Crippen molar-refractivity contribution in [2.75, 3.05) is 11.4 Å². The van der Waals surface area contributed by atoms with Gasteiger partial charge in [0.25, 0.3) is 6.43 Å². The molecule has 1 atom stereocenters. The fraction of sp³-hybridized carbons (Fsp3) is 0.316. The molecule has 7 heteroatoms. The monoisotopic (exact) mass is 382 g/mol. The van der Waals surface area contributed by atoms with Crippen molar-refractivity contribution in [3.8, 4) is 0 Å². The highest BCUT2D eigenvalue weighted by Gasteiger charge is 2.23. The van der Waals surface area contributed by atoms with E-state index in [-0.39, 0.29) is 10.6 Å². The molecule has 0 amide bonds. The summed E-state index contributed by atoms with van der Waals surface area (Å²) in [6.45, 7) is 2.34. The van der Waals surface area contributed by atoms with Gasteiger partial charge in [-0.3, -0.25) is 0 Å². The minimum atomic E-state index is -3.09. The van der Waals surface area contributed by atoms with Crippen LogP contribution >= 0.6 is 11.8 Å². The smallest absolute Gasteiger partial charge is 0.278 e. The van der Waals surface area contributed by atoms with Crippen LogP contribution in [0.4, 0.5) is 28.9 Å². The average molecular weight is 382 g/mol. The van der Waals surface area contributed by atoms with Gasteiger partial charge in [0.05, 0.1) is 0 Å². The summed E-state index contributed by atoms with van der Waals surface area (Å²) in [4.78, 5) is 6.68. The van der Waals surface area contributed by atoms with E-state index < -0.39 is 17.7 Å². The minimum Gasteiger partial charge on any atom is -0.330 e. The average Bonchev–Trinajstić information content (AvgIpc) is 3.08. The largest absolute Gasteiger partial charge is 0.330 e. The zero-order chi connectivity index (χ0) is 18.7. The summed E-state index contributed by atoms with van der Waals surface area (Å²) in [7, 11) is 0. The van der Waals surface area contributed by atoms with Gasteiger partial charge in [-0.05, 0) is 43.2 Å². The standard InChI is InChI=1S/C19H18F4N2S/c1-12-10-14(20)15(11-16(12)26-19(23)18(21)22)24-17-8-5-9-25(17)13-6-3-2-4-7-13/h2-4,6-7,10-11,18-19H,5,8-9H2,1H3. The molecule has 1 heterocycles. The fourth-order valence-electron chi connectivity index (χ4n) is 2.83. The Morgan fingerprint density at radius 2 is 1.85 bits per heavy atom. The number of anilines is 1.